The summed E-state index contributed by atoms with van der Waals surface area (Å²) in [7, 11) is 0. The van der Waals surface area contributed by atoms with E-state index >= 15 is 0 Å². The standard InChI is InChI=1S/2C17H26O3.C5H12O4/c2*1-16(2,3)12-9-11(7-8-14(18)19)10-13(15(12)20)17(4,5)6;6-1-5(2-7,3-8)4-9/h2*9-10,20H,7-8H2,1-6H3,(H,18,19);6-9H,1-4H2. The molecule has 0 unspecified atom stereocenters. The zero-order valence-corrected chi connectivity index (χ0v) is 31.9. The minimum absolute atomic E-state index is 0.109. The number of hydrogen-bond acceptors (Lipinski definition) is 8. The summed E-state index contributed by atoms with van der Waals surface area (Å²) in [4.78, 5) is 21.5. The number of carbonyl (C=O) groups is 2. The van der Waals surface area contributed by atoms with E-state index in [0.29, 0.717) is 24.3 Å². The van der Waals surface area contributed by atoms with Crippen molar-refractivity contribution in [2.75, 3.05) is 26.4 Å². The number of phenolic OH excluding ortho intramolecular Hbond substituents is 2. The van der Waals surface area contributed by atoms with Crippen LogP contribution in [-0.4, -0.2) is 79.2 Å². The molecule has 2 aromatic carbocycles. The number of carboxylic acids is 2. The normalized spacial score (nSPS) is 12.4. The zero-order chi connectivity index (χ0) is 38.8. The Bertz CT molecular complexity index is 1180. The van der Waals surface area contributed by atoms with Crippen LogP contribution in [0.25, 0.3) is 0 Å². The molecule has 2 rings (SSSR count). The highest BCUT2D eigenvalue weighted by Gasteiger charge is 2.28. The monoisotopic (exact) mass is 692 g/mol. The summed E-state index contributed by atoms with van der Waals surface area (Å²) in [6.45, 7) is 23.0. The lowest BCUT2D eigenvalue weighted by Gasteiger charge is -2.28. The van der Waals surface area contributed by atoms with Crippen molar-refractivity contribution in [3.63, 3.8) is 0 Å². The van der Waals surface area contributed by atoms with Crippen molar-refractivity contribution in [3.8, 4) is 11.5 Å². The van der Waals surface area contributed by atoms with Crippen LogP contribution >= 0.6 is 0 Å². The minimum atomic E-state index is -1.11. The van der Waals surface area contributed by atoms with E-state index in [-0.39, 0.29) is 34.5 Å². The molecular weight excluding hydrogens is 628 g/mol. The Kier molecular flexibility index (Phi) is 17.0. The number of aromatic hydroxyl groups is 2. The van der Waals surface area contributed by atoms with Crippen molar-refractivity contribution in [2.24, 2.45) is 5.41 Å². The van der Waals surface area contributed by atoms with Gasteiger partial charge in [-0.05, 0) is 67.9 Å². The number of aliphatic carboxylic acids is 2. The maximum atomic E-state index is 10.8. The molecule has 0 radical (unpaired) electrons. The molecule has 2 aromatic rings. The average Bonchev–Trinajstić information content (AvgIpc) is 2.95. The second-order valence-corrected chi connectivity index (χ2v) is 17.0. The number of aryl methyl sites for hydroxylation is 2. The fraction of sp³-hybridized carbons (Fsp3) is 0.641. The summed E-state index contributed by atoms with van der Waals surface area (Å²) in [5, 5.41) is 72.8. The molecule has 0 bridgehead atoms. The molecule has 0 aromatic heterocycles. The van der Waals surface area contributed by atoms with E-state index in [1.165, 1.54) is 0 Å². The number of benzene rings is 2. The van der Waals surface area contributed by atoms with Crippen LogP contribution in [0.5, 0.6) is 11.5 Å². The lowest BCUT2D eigenvalue weighted by molar-refractivity contribution is -0.138. The van der Waals surface area contributed by atoms with Crippen LogP contribution in [0.3, 0.4) is 0 Å². The number of carboxylic acid groups (broad SMARTS) is 2. The Morgan fingerprint density at radius 2 is 0.673 bits per heavy atom. The van der Waals surface area contributed by atoms with E-state index in [1.54, 1.807) is 0 Å². The molecule has 0 aliphatic carbocycles. The van der Waals surface area contributed by atoms with Gasteiger partial charge in [-0.2, -0.15) is 0 Å². The summed E-state index contributed by atoms with van der Waals surface area (Å²) in [6.07, 6.45) is 1.19. The number of aliphatic hydroxyl groups excluding tert-OH is 4. The van der Waals surface area contributed by atoms with E-state index in [9.17, 15) is 19.8 Å². The van der Waals surface area contributed by atoms with Gasteiger partial charge >= 0.3 is 11.9 Å². The molecule has 49 heavy (non-hydrogen) atoms. The van der Waals surface area contributed by atoms with Crippen LogP contribution < -0.4 is 0 Å². The van der Waals surface area contributed by atoms with Gasteiger partial charge < -0.3 is 40.9 Å². The van der Waals surface area contributed by atoms with E-state index in [4.69, 9.17) is 30.6 Å². The topological polar surface area (TPSA) is 196 Å². The Balaban J connectivity index is 0.000000758. The molecule has 0 amide bonds. The second kappa shape index (κ2) is 18.2. The van der Waals surface area contributed by atoms with Crippen LogP contribution in [0.4, 0.5) is 0 Å². The maximum absolute atomic E-state index is 10.8. The van der Waals surface area contributed by atoms with Crippen LogP contribution in [0.1, 0.15) is 129 Å². The Morgan fingerprint density at radius 1 is 0.469 bits per heavy atom. The molecule has 0 aliphatic heterocycles. The van der Waals surface area contributed by atoms with Gasteiger partial charge in [0.15, 0.2) is 0 Å². The summed E-state index contributed by atoms with van der Waals surface area (Å²) in [5.41, 5.74) is 3.64. The van der Waals surface area contributed by atoms with Crippen LogP contribution in [-0.2, 0) is 44.1 Å². The van der Waals surface area contributed by atoms with Crippen molar-refractivity contribution in [1.29, 1.82) is 0 Å². The first-order valence-corrected chi connectivity index (χ1v) is 16.7. The summed E-state index contributed by atoms with van der Waals surface area (Å²) < 4.78 is 0. The molecule has 0 aliphatic rings. The molecule has 10 nitrogen and oxygen atoms in total. The predicted octanol–water partition coefficient (Wildman–Crippen LogP) is 5.95. The van der Waals surface area contributed by atoms with Gasteiger partial charge in [0.25, 0.3) is 0 Å². The summed E-state index contributed by atoms with van der Waals surface area (Å²) in [5.74, 6) is -0.923. The third-order valence-corrected chi connectivity index (χ3v) is 8.17. The Hall–Kier alpha value is -3.18. The summed E-state index contributed by atoms with van der Waals surface area (Å²) in [6, 6.07) is 7.75. The highest BCUT2D eigenvalue weighted by atomic mass is 16.4. The van der Waals surface area contributed by atoms with Gasteiger partial charge in [0.2, 0.25) is 0 Å². The second-order valence-electron chi connectivity index (χ2n) is 17.0. The fourth-order valence-electron chi connectivity index (χ4n) is 4.77. The number of hydrogen-bond donors (Lipinski definition) is 8. The summed E-state index contributed by atoms with van der Waals surface area (Å²) >= 11 is 0. The van der Waals surface area contributed by atoms with Gasteiger partial charge in [-0.15, -0.1) is 0 Å². The quantitative estimate of drug-likeness (QED) is 0.147. The van der Waals surface area contributed by atoms with Gasteiger partial charge in [-0.3, -0.25) is 9.59 Å². The Morgan fingerprint density at radius 3 is 0.796 bits per heavy atom. The molecule has 0 atom stereocenters. The third kappa shape index (κ3) is 14.7. The molecule has 0 spiro atoms. The van der Waals surface area contributed by atoms with Gasteiger partial charge in [-0.25, -0.2) is 0 Å². The highest BCUT2D eigenvalue weighted by Crippen LogP contribution is 2.41. The molecule has 0 saturated carbocycles. The Labute approximate surface area is 293 Å². The molecule has 0 fully saturated rings. The molecule has 280 valence electrons. The first kappa shape index (κ1) is 45.8. The maximum Gasteiger partial charge on any atom is 0.303 e. The van der Waals surface area contributed by atoms with Gasteiger partial charge in [-0.1, -0.05) is 107 Å². The smallest absolute Gasteiger partial charge is 0.303 e. The van der Waals surface area contributed by atoms with Gasteiger partial charge in [0, 0.05) is 12.8 Å². The molecule has 8 N–H and O–H groups in total. The largest absolute Gasteiger partial charge is 0.507 e. The number of aliphatic hydroxyl groups is 4. The fourth-order valence-corrected chi connectivity index (χ4v) is 4.77. The van der Waals surface area contributed by atoms with E-state index in [0.717, 1.165) is 33.4 Å². The van der Waals surface area contributed by atoms with Crippen molar-refractivity contribution >= 4 is 11.9 Å². The predicted molar refractivity (Wildman–Crippen MR) is 194 cm³/mol. The highest BCUT2D eigenvalue weighted by molar-refractivity contribution is 5.67. The van der Waals surface area contributed by atoms with Crippen LogP contribution in [0.2, 0.25) is 0 Å². The van der Waals surface area contributed by atoms with Crippen molar-refractivity contribution < 1.29 is 50.4 Å². The lowest BCUT2D eigenvalue weighted by Crippen LogP contribution is -2.37. The molecule has 0 saturated heterocycles. The number of phenols is 2. The van der Waals surface area contributed by atoms with Gasteiger partial charge in [0.05, 0.1) is 31.8 Å². The lowest BCUT2D eigenvalue weighted by atomic mass is 9.78. The first-order chi connectivity index (χ1) is 22.1. The van der Waals surface area contributed by atoms with E-state index in [2.05, 4.69) is 83.1 Å². The average molecular weight is 693 g/mol. The van der Waals surface area contributed by atoms with Crippen molar-refractivity contribution in [1.82, 2.24) is 0 Å². The molecule has 10 heteroatoms. The first-order valence-electron chi connectivity index (χ1n) is 16.7. The van der Waals surface area contributed by atoms with Crippen LogP contribution in [0, 0.1) is 5.41 Å². The molecule has 0 heterocycles. The van der Waals surface area contributed by atoms with E-state index in [1.807, 2.05) is 24.3 Å². The minimum Gasteiger partial charge on any atom is -0.507 e. The molecular formula is C39H64O10. The third-order valence-electron chi connectivity index (χ3n) is 8.17. The zero-order valence-electron chi connectivity index (χ0n) is 31.9. The van der Waals surface area contributed by atoms with Crippen molar-refractivity contribution in [3.05, 3.63) is 57.6 Å². The number of rotatable bonds is 10. The van der Waals surface area contributed by atoms with E-state index < -0.39 is 43.8 Å². The van der Waals surface area contributed by atoms with Gasteiger partial charge in [0.1, 0.15) is 11.5 Å². The SMILES string of the molecule is CC(C)(C)c1cc(CCC(=O)O)cc(C(C)(C)C)c1O.CC(C)(C)c1cc(CCC(=O)O)cc(C(C)(C)C)c1O.OCC(CO)(CO)CO. The van der Waals surface area contributed by atoms with Crippen molar-refractivity contribution in [2.45, 2.75) is 130 Å². The van der Waals surface area contributed by atoms with Crippen LogP contribution in [0.15, 0.2) is 24.3 Å².